The largest absolute Gasteiger partial charge is 0.478 e. The summed E-state index contributed by atoms with van der Waals surface area (Å²) in [6.45, 7) is 6.99. The zero-order valence-corrected chi connectivity index (χ0v) is 21.0. The van der Waals surface area contributed by atoms with Gasteiger partial charge in [-0.1, -0.05) is 37.1 Å². The highest BCUT2D eigenvalue weighted by molar-refractivity contribution is 6.12. The third-order valence-corrected chi connectivity index (χ3v) is 7.18. The van der Waals surface area contributed by atoms with Crippen LogP contribution >= 0.6 is 0 Å². The molecule has 2 aliphatic heterocycles. The lowest BCUT2D eigenvalue weighted by Crippen LogP contribution is -2.45. The molecule has 1 N–H and O–H groups in total. The van der Waals surface area contributed by atoms with Crippen LogP contribution in [0.4, 0.5) is 11.4 Å². The van der Waals surface area contributed by atoms with E-state index in [1.54, 1.807) is 23.1 Å². The first kappa shape index (κ1) is 23.8. The van der Waals surface area contributed by atoms with E-state index in [0.29, 0.717) is 6.54 Å². The minimum atomic E-state index is -1.10. The molecule has 6 nitrogen and oxygen atoms in total. The number of unbranched alkanes of at least 4 members (excludes halogenated alkanes) is 1. The predicted molar refractivity (Wildman–Crippen MR) is 142 cm³/mol. The molecule has 2 aliphatic rings. The number of aryl methyl sites for hydroxylation is 1. The fraction of sp³-hybridized carbons (Fsp3) is 0.300. The number of hydrogen-bond acceptors (Lipinski definition) is 4. The maximum Gasteiger partial charge on any atom is 0.336 e. The van der Waals surface area contributed by atoms with Gasteiger partial charge in [-0.05, 0) is 81.1 Å². The van der Waals surface area contributed by atoms with Gasteiger partial charge in [0.2, 0.25) is 0 Å². The van der Waals surface area contributed by atoms with Gasteiger partial charge in [-0.25, -0.2) is 4.79 Å². The average molecular weight is 482 g/mol. The fourth-order valence-electron chi connectivity index (χ4n) is 5.32. The summed E-state index contributed by atoms with van der Waals surface area (Å²) >= 11 is 0. The minimum Gasteiger partial charge on any atom is -0.478 e. The SMILES string of the molecule is CCCCC1N=c2ccc(C)cc2=C(C)N1c1ccc2c(c1)CCN2C(=O)c1ccccc1C(=O)O. The van der Waals surface area contributed by atoms with Crippen molar-refractivity contribution in [1.82, 2.24) is 0 Å². The lowest BCUT2D eigenvalue weighted by atomic mass is 10.0. The monoisotopic (exact) mass is 481 g/mol. The van der Waals surface area contributed by atoms with Crippen molar-refractivity contribution in [1.29, 1.82) is 0 Å². The van der Waals surface area contributed by atoms with E-state index in [9.17, 15) is 14.7 Å². The van der Waals surface area contributed by atoms with Gasteiger partial charge in [0.05, 0.1) is 16.5 Å². The number of carbonyl (C=O) groups excluding carboxylic acids is 1. The van der Waals surface area contributed by atoms with Gasteiger partial charge in [-0.15, -0.1) is 0 Å². The predicted octanol–water partition coefficient (Wildman–Crippen LogP) is 4.68. The molecular weight excluding hydrogens is 450 g/mol. The molecule has 0 fully saturated rings. The van der Waals surface area contributed by atoms with E-state index in [1.807, 2.05) is 6.07 Å². The molecule has 1 amide bonds. The summed E-state index contributed by atoms with van der Waals surface area (Å²) in [6.07, 6.45) is 3.92. The van der Waals surface area contributed by atoms with Crippen LogP contribution in [0.3, 0.4) is 0 Å². The lowest BCUT2D eigenvalue weighted by molar-refractivity contribution is 0.0692. The van der Waals surface area contributed by atoms with E-state index in [4.69, 9.17) is 4.99 Å². The van der Waals surface area contributed by atoms with Crippen molar-refractivity contribution in [2.45, 2.75) is 52.6 Å². The molecule has 184 valence electrons. The molecule has 0 aromatic heterocycles. The second-order valence-electron chi connectivity index (χ2n) is 9.60. The molecule has 3 aromatic carbocycles. The van der Waals surface area contributed by atoms with E-state index >= 15 is 0 Å². The fourth-order valence-corrected chi connectivity index (χ4v) is 5.32. The van der Waals surface area contributed by atoms with E-state index in [2.05, 4.69) is 56.0 Å². The molecule has 5 rings (SSSR count). The molecule has 6 heteroatoms. The molecule has 3 aromatic rings. The highest BCUT2D eigenvalue weighted by Gasteiger charge is 2.30. The summed E-state index contributed by atoms with van der Waals surface area (Å²) in [6, 6.07) is 19.1. The molecular formula is C30H31N3O3. The Morgan fingerprint density at radius 2 is 1.81 bits per heavy atom. The molecule has 2 heterocycles. The highest BCUT2D eigenvalue weighted by Crippen LogP contribution is 2.36. The number of carbonyl (C=O) groups is 2. The smallest absolute Gasteiger partial charge is 0.336 e. The summed E-state index contributed by atoms with van der Waals surface area (Å²) in [5.74, 6) is -1.37. The van der Waals surface area contributed by atoms with Gasteiger partial charge in [-0.2, -0.15) is 0 Å². The first-order valence-corrected chi connectivity index (χ1v) is 12.6. The standard InChI is InChI=1S/C30H31N3O3/c1-4-5-10-28-31-26-13-11-19(2)17-25(26)20(3)33(28)22-12-14-27-21(18-22)15-16-32(27)29(34)23-8-6-7-9-24(23)30(35)36/h6-9,11-14,17-18,28H,4-5,10,15-16H2,1-3H3,(H,35,36). The summed E-state index contributed by atoms with van der Waals surface area (Å²) in [5.41, 5.74) is 5.64. The van der Waals surface area contributed by atoms with E-state index in [0.717, 1.165) is 53.2 Å². The Morgan fingerprint density at radius 1 is 1.03 bits per heavy atom. The summed E-state index contributed by atoms with van der Waals surface area (Å²) < 4.78 is 0. The van der Waals surface area contributed by atoms with Crippen molar-refractivity contribution in [3.8, 4) is 0 Å². The Labute approximate surface area is 211 Å². The van der Waals surface area contributed by atoms with Gasteiger partial charge in [-0.3, -0.25) is 9.79 Å². The molecule has 0 saturated carbocycles. The maximum atomic E-state index is 13.3. The van der Waals surface area contributed by atoms with Crippen LogP contribution in [0.1, 0.15) is 65.0 Å². The Bertz CT molecular complexity index is 1480. The number of nitrogens with zero attached hydrogens (tertiary/aromatic N) is 3. The summed E-state index contributed by atoms with van der Waals surface area (Å²) in [7, 11) is 0. The van der Waals surface area contributed by atoms with Crippen LogP contribution < -0.4 is 20.4 Å². The number of rotatable bonds is 6. The molecule has 1 atom stereocenters. The first-order valence-electron chi connectivity index (χ1n) is 12.6. The second kappa shape index (κ2) is 9.61. The molecule has 0 spiro atoms. The van der Waals surface area contributed by atoms with Gasteiger partial charge in [0.25, 0.3) is 5.91 Å². The normalized spacial score (nSPS) is 16.4. The van der Waals surface area contributed by atoms with Crippen molar-refractivity contribution in [2.24, 2.45) is 4.99 Å². The number of carboxylic acid groups (broad SMARTS) is 1. The van der Waals surface area contributed by atoms with Crippen LogP contribution in [0.5, 0.6) is 0 Å². The molecule has 1 unspecified atom stereocenters. The summed E-state index contributed by atoms with van der Waals surface area (Å²) in [4.78, 5) is 34.2. The molecule has 0 saturated heterocycles. The minimum absolute atomic E-state index is 0.0276. The average Bonchev–Trinajstić information content (AvgIpc) is 3.30. The number of aromatic carboxylic acids is 1. The number of amides is 1. The quantitative estimate of drug-likeness (QED) is 0.555. The van der Waals surface area contributed by atoms with Gasteiger partial charge in [0, 0.05) is 28.8 Å². The molecule has 0 bridgehead atoms. The number of hydrogen-bond donors (Lipinski definition) is 1. The van der Waals surface area contributed by atoms with Crippen molar-refractivity contribution in [3.05, 3.63) is 93.5 Å². The third kappa shape index (κ3) is 4.17. The number of carboxylic acids is 1. The van der Waals surface area contributed by atoms with E-state index in [1.165, 1.54) is 17.3 Å². The van der Waals surface area contributed by atoms with Crippen LogP contribution in [-0.2, 0) is 6.42 Å². The van der Waals surface area contributed by atoms with Crippen LogP contribution in [0.2, 0.25) is 0 Å². The number of fused-ring (bicyclic) bond motifs is 2. The molecule has 36 heavy (non-hydrogen) atoms. The van der Waals surface area contributed by atoms with Gasteiger partial charge < -0.3 is 14.9 Å². The first-order chi connectivity index (χ1) is 17.4. The summed E-state index contributed by atoms with van der Waals surface area (Å²) in [5, 5.41) is 11.7. The van der Waals surface area contributed by atoms with Crippen molar-refractivity contribution >= 4 is 28.9 Å². The van der Waals surface area contributed by atoms with E-state index < -0.39 is 5.97 Å². The van der Waals surface area contributed by atoms with E-state index in [-0.39, 0.29) is 23.2 Å². The van der Waals surface area contributed by atoms with Crippen LogP contribution in [0.15, 0.2) is 65.7 Å². The molecule has 0 aliphatic carbocycles. The second-order valence-corrected chi connectivity index (χ2v) is 9.60. The van der Waals surface area contributed by atoms with Crippen molar-refractivity contribution in [2.75, 3.05) is 16.3 Å². The molecule has 0 radical (unpaired) electrons. The Hall–Kier alpha value is -3.93. The Morgan fingerprint density at radius 3 is 2.56 bits per heavy atom. The maximum absolute atomic E-state index is 13.3. The zero-order chi connectivity index (χ0) is 25.4. The topological polar surface area (TPSA) is 73.2 Å². The van der Waals surface area contributed by atoms with Crippen molar-refractivity contribution in [3.63, 3.8) is 0 Å². The number of anilines is 2. The van der Waals surface area contributed by atoms with Gasteiger partial charge >= 0.3 is 5.97 Å². The van der Waals surface area contributed by atoms with Gasteiger partial charge in [0.1, 0.15) is 6.17 Å². The van der Waals surface area contributed by atoms with Crippen molar-refractivity contribution < 1.29 is 14.7 Å². The Kier molecular flexibility index (Phi) is 6.35. The van der Waals surface area contributed by atoms with Crippen LogP contribution in [0.25, 0.3) is 5.70 Å². The third-order valence-electron chi connectivity index (χ3n) is 7.18. The Balaban J connectivity index is 1.52. The van der Waals surface area contributed by atoms with Crippen LogP contribution in [-0.4, -0.2) is 29.7 Å². The highest BCUT2D eigenvalue weighted by atomic mass is 16.4. The number of benzene rings is 3. The zero-order valence-electron chi connectivity index (χ0n) is 21.0. The van der Waals surface area contributed by atoms with Crippen LogP contribution in [0, 0.1) is 6.92 Å². The van der Waals surface area contributed by atoms with Gasteiger partial charge in [0.15, 0.2) is 0 Å². The lowest BCUT2D eigenvalue weighted by Gasteiger charge is -2.35.